The number of ether oxygens (including phenoxy) is 4. The molecule has 0 aromatic heterocycles. The van der Waals surface area contributed by atoms with Crippen molar-refractivity contribution >= 4 is 23.9 Å². The Morgan fingerprint density at radius 1 is 0.562 bits per heavy atom. The van der Waals surface area contributed by atoms with Crippen molar-refractivity contribution in [3.63, 3.8) is 0 Å². The summed E-state index contributed by atoms with van der Waals surface area (Å²) in [4.78, 5) is 58.4. The summed E-state index contributed by atoms with van der Waals surface area (Å²) in [5.41, 5.74) is -1.83. The predicted molar refractivity (Wildman–Crippen MR) is 187 cm³/mol. The van der Waals surface area contributed by atoms with Crippen LogP contribution in [-0.4, -0.2) is 113 Å². The molecule has 0 N–H and O–H groups in total. The minimum absolute atomic E-state index is 0.0953. The number of benzene rings is 1. The number of hydrogen-bond donors (Lipinski definition) is 0. The average molecular weight is 678 g/mol. The molecule has 11 nitrogen and oxygen atoms in total. The molecule has 11 heteroatoms. The van der Waals surface area contributed by atoms with Crippen LogP contribution in [0.25, 0.3) is 0 Å². The number of carbonyl (C=O) groups excluding carboxylic acids is 4. The van der Waals surface area contributed by atoms with Crippen molar-refractivity contribution in [2.24, 2.45) is 5.92 Å². The molecule has 1 aromatic carbocycles. The first kappa shape index (κ1) is 43.0. The summed E-state index contributed by atoms with van der Waals surface area (Å²) < 4.78 is 22.4. The molecule has 0 atom stereocenters. The molecule has 0 saturated heterocycles. The van der Waals surface area contributed by atoms with Crippen molar-refractivity contribution in [3.05, 3.63) is 35.9 Å². The molecule has 1 rings (SSSR count). The minimum Gasteiger partial charge on any atom is -0.459 e. The highest BCUT2D eigenvalue weighted by Gasteiger charge is 2.37. The van der Waals surface area contributed by atoms with Crippen molar-refractivity contribution in [1.82, 2.24) is 14.7 Å². The van der Waals surface area contributed by atoms with Crippen LogP contribution in [0.3, 0.4) is 0 Å². The fraction of sp³-hybridized carbons (Fsp3) is 0.730. The first-order valence-electron chi connectivity index (χ1n) is 17.0. The van der Waals surface area contributed by atoms with Gasteiger partial charge in [0.2, 0.25) is 0 Å². The second kappa shape index (κ2) is 18.7. The Hall–Kier alpha value is -3.02. The van der Waals surface area contributed by atoms with Gasteiger partial charge >= 0.3 is 23.9 Å². The van der Waals surface area contributed by atoms with Crippen LogP contribution in [-0.2, 0) is 44.7 Å². The van der Waals surface area contributed by atoms with E-state index in [0.29, 0.717) is 39.3 Å². The van der Waals surface area contributed by atoms with Crippen LogP contribution < -0.4 is 0 Å². The Morgan fingerprint density at radius 2 is 0.938 bits per heavy atom. The third-order valence-corrected chi connectivity index (χ3v) is 6.53. The minimum atomic E-state index is -1.28. The number of rotatable bonds is 17. The van der Waals surface area contributed by atoms with Gasteiger partial charge in [0.1, 0.15) is 22.4 Å². The fourth-order valence-electron chi connectivity index (χ4n) is 4.62. The van der Waals surface area contributed by atoms with Gasteiger partial charge in [-0.15, -0.1) is 0 Å². The molecule has 0 amide bonds. The van der Waals surface area contributed by atoms with E-state index in [-0.39, 0.29) is 25.6 Å². The van der Waals surface area contributed by atoms with Crippen LogP contribution in [0.15, 0.2) is 30.3 Å². The van der Waals surface area contributed by atoms with Crippen LogP contribution in [0.4, 0.5) is 0 Å². The van der Waals surface area contributed by atoms with Gasteiger partial charge in [0.15, 0.2) is 5.92 Å². The highest BCUT2D eigenvalue weighted by atomic mass is 16.6. The van der Waals surface area contributed by atoms with Crippen LogP contribution >= 0.6 is 0 Å². The van der Waals surface area contributed by atoms with Crippen LogP contribution in [0.1, 0.15) is 95.6 Å². The molecule has 274 valence electrons. The smallest absolute Gasteiger partial charge is 0.322 e. The van der Waals surface area contributed by atoms with E-state index in [1.807, 2.05) is 62.9 Å². The third-order valence-electron chi connectivity index (χ3n) is 6.53. The van der Waals surface area contributed by atoms with Gasteiger partial charge in [-0.05, 0) is 95.2 Å². The number of esters is 4. The lowest BCUT2D eigenvalue weighted by atomic mass is 10.1. The molecule has 0 aliphatic carbocycles. The highest BCUT2D eigenvalue weighted by molar-refractivity contribution is 5.95. The Labute approximate surface area is 289 Å². The molecular formula is C37H63N3O8. The maximum absolute atomic E-state index is 13.4. The standard InChI is InChI=1S/C37H63N3O8/c1-14-38(26-30(41)45-34(2,3)4)20-21-39(24-28-18-16-15-17-19-28)22-23-40(27-31(42)46-35(5,6)7)25-29(32(43)47-36(8,9)10)33(44)48-37(11,12)13/h15-19,29H,14,20-27H2,1-13H3. The zero-order chi connectivity index (χ0) is 36.9. The Morgan fingerprint density at radius 3 is 1.33 bits per heavy atom. The van der Waals surface area contributed by atoms with E-state index >= 15 is 0 Å². The van der Waals surface area contributed by atoms with Gasteiger partial charge < -0.3 is 18.9 Å². The van der Waals surface area contributed by atoms with Gasteiger partial charge in [-0.2, -0.15) is 0 Å². The molecule has 0 fully saturated rings. The number of carbonyl (C=O) groups is 4. The van der Waals surface area contributed by atoms with E-state index in [1.165, 1.54) is 0 Å². The summed E-state index contributed by atoms with van der Waals surface area (Å²) in [6.07, 6.45) is 0. The van der Waals surface area contributed by atoms with Crippen LogP contribution in [0, 0.1) is 5.92 Å². The molecular weight excluding hydrogens is 614 g/mol. The molecule has 0 heterocycles. The molecule has 0 radical (unpaired) electrons. The summed E-state index contributed by atoms with van der Waals surface area (Å²) in [5.74, 6) is -3.46. The number of hydrogen-bond acceptors (Lipinski definition) is 11. The van der Waals surface area contributed by atoms with Gasteiger partial charge in [0, 0.05) is 39.3 Å². The van der Waals surface area contributed by atoms with E-state index in [2.05, 4.69) is 4.90 Å². The highest BCUT2D eigenvalue weighted by Crippen LogP contribution is 2.19. The molecule has 1 aromatic rings. The molecule has 0 aliphatic rings. The van der Waals surface area contributed by atoms with Gasteiger partial charge in [-0.3, -0.25) is 33.9 Å². The maximum atomic E-state index is 13.4. The summed E-state index contributed by atoms with van der Waals surface area (Å²) in [7, 11) is 0. The summed E-state index contributed by atoms with van der Waals surface area (Å²) >= 11 is 0. The Bertz CT molecular complexity index is 1130. The first-order valence-corrected chi connectivity index (χ1v) is 17.0. The van der Waals surface area contributed by atoms with Crippen molar-refractivity contribution in [2.45, 2.75) is 119 Å². The largest absolute Gasteiger partial charge is 0.459 e. The molecule has 48 heavy (non-hydrogen) atoms. The third kappa shape index (κ3) is 20.4. The summed E-state index contributed by atoms with van der Waals surface area (Å²) in [5, 5.41) is 0. The van der Waals surface area contributed by atoms with Crippen molar-refractivity contribution in [2.75, 3.05) is 52.4 Å². The first-order chi connectivity index (χ1) is 21.9. The lowest BCUT2D eigenvalue weighted by Crippen LogP contribution is -2.47. The molecule has 0 unspecified atom stereocenters. The Balaban J connectivity index is 3.31. The van der Waals surface area contributed by atoms with E-state index in [9.17, 15) is 19.2 Å². The summed E-state index contributed by atoms with van der Waals surface area (Å²) in [6.45, 7) is 26.6. The lowest BCUT2D eigenvalue weighted by molar-refractivity contribution is -0.176. The van der Waals surface area contributed by atoms with E-state index < -0.39 is 46.2 Å². The van der Waals surface area contributed by atoms with E-state index in [1.54, 1.807) is 67.2 Å². The molecule has 0 spiro atoms. The normalized spacial score (nSPS) is 12.9. The maximum Gasteiger partial charge on any atom is 0.322 e. The fourth-order valence-corrected chi connectivity index (χ4v) is 4.62. The Kier molecular flexibility index (Phi) is 16.7. The SMILES string of the molecule is CCN(CCN(CCN(CC(=O)OC(C)(C)C)CC(C(=O)OC(C)(C)C)C(=O)OC(C)(C)C)Cc1ccccc1)CC(=O)OC(C)(C)C. The molecule has 0 bridgehead atoms. The van der Waals surface area contributed by atoms with Crippen molar-refractivity contribution in [3.8, 4) is 0 Å². The second-order valence-corrected chi connectivity index (χ2v) is 16.2. The quantitative estimate of drug-likeness (QED) is 0.125. The number of nitrogens with zero attached hydrogens (tertiary/aromatic N) is 3. The van der Waals surface area contributed by atoms with Gasteiger partial charge in [0.25, 0.3) is 0 Å². The summed E-state index contributed by atoms with van der Waals surface area (Å²) in [6, 6.07) is 10.0. The molecule has 0 aliphatic heterocycles. The number of likely N-dealkylation sites (N-methyl/N-ethyl adjacent to an activating group) is 1. The van der Waals surface area contributed by atoms with Gasteiger partial charge in [-0.1, -0.05) is 37.3 Å². The van der Waals surface area contributed by atoms with Crippen molar-refractivity contribution < 1.29 is 38.1 Å². The van der Waals surface area contributed by atoms with E-state index in [4.69, 9.17) is 18.9 Å². The lowest BCUT2D eigenvalue weighted by Gasteiger charge is -2.32. The zero-order valence-corrected chi connectivity index (χ0v) is 31.9. The molecule has 0 saturated carbocycles. The van der Waals surface area contributed by atoms with Crippen LogP contribution in [0.2, 0.25) is 0 Å². The van der Waals surface area contributed by atoms with Crippen LogP contribution in [0.5, 0.6) is 0 Å². The zero-order valence-electron chi connectivity index (χ0n) is 31.9. The monoisotopic (exact) mass is 677 g/mol. The second-order valence-electron chi connectivity index (χ2n) is 16.2. The van der Waals surface area contributed by atoms with E-state index in [0.717, 1.165) is 5.56 Å². The topological polar surface area (TPSA) is 115 Å². The van der Waals surface area contributed by atoms with Gasteiger partial charge in [-0.25, -0.2) is 0 Å². The van der Waals surface area contributed by atoms with Gasteiger partial charge in [0.05, 0.1) is 13.1 Å². The van der Waals surface area contributed by atoms with Crippen molar-refractivity contribution in [1.29, 1.82) is 0 Å². The average Bonchev–Trinajstić information content (AvgIpc) is 2.88. The predicted octanol–water partition coefficient (Wildman–Crippen LogP) is 5.10.